The smallest absolute Gasteiger partial charge is 0.0337 e. The summed E-state index contributed by atoms with van der Waals surface area (Å²) in [5.41, 5.74) is 11.9. The highest BCUT2D eigenvalue weighted by atomic mass is 14.8. The zero-order valence-corrected chi connectivity index (χ0v) is 13.9. The predicted octanol–water partition coefficient (Wildman–Crippen LogP) is 1.56. The number of benzene rings is 1. The van der Waals surface area contributed by atoms with Gasteiger partial charge in [0.05, 0.1) is 0 Å². The quantitative estimate of drug-likeness (QED) is 0.634. The number of hydrogen-bond acceptors (Lipinski definition) is 5. The highest BCUT2D eigenvalue weighted by molar-refractivity contribution is 5.78. The molecule has 0 aromatic heterocycles. The summed E-state index contributed by atoms with van der Waals surface area (Å²) in [7, 11) is 7.08. The van der Waals surface area contributed by atoms with Crippen LogP contribution in [0.25, 0.3) is 0 Å². The number of hydrogen-bond donors (Lipinski definition) is 4. The molecule has 0 heterocycles. The van der Waals surface area contributed by atoms with E-state index in [4.69, 9.17) is 5.73 Å². The van der Waals surface area contributed by atoms with Crippen LogP contribution in [0.5, 0.6) is 0 Å². The molecule has 5 heteroatoms. The van der Waals surface area contributed by atoms with E-state index in [1.807, 2.05) is 58.3 Å². The van der Waals surface area contributed by atoms with E-state index in [9.17, 15) is 0 Å². The van der Waals surface area contributed by atoms with Crippen molar-refractivity contribution in [3.8, 4) is 0 Å². The third-order valence-electron chi connectivity index (χ3n) is 1.90. The molecule has 5 nitrogen and oxygen atoms in total. The summed E-state index contributed by atoms with van der Waals surface area (Å²) < 4.78 is 0. The van der Waals surface area contributed by atoms with E-state index in [0.29, 0.717) is 0 Å². The maximum atomic E-state index is 5.08. The normalized spacial score (nSPS) is 7.60. The summed E-state index contributed by atoms with van der Waals surface area (Å²) in [6, 6.07) is 10.1. The molecule has 1 rings (SSSR count). The Labute approximate surface area is 124 Å². The van der Waals surface area contributed by atoms with Gasteiger partial charge in [-0.1, -0.05) is 18.2 Å². The Bertz CT molecular complexity index is 280. The van der Waals surface area contributed by atoms with E-state index in [-0.39, 0.29) is 0 Å². The number of nitrogens with one attached hydrogen (secondary N) is 2. The molecular formula is C15H33N5. The van der Waals surface area contributed by atoms with Gasteiger partial charge in [-0.2, -0.15) is 0 Å². The average Bonchev–Trinajstić information content (AvgIpc) is 2.52. The van der Waals surface area contributed by atoms with E-state index in [0.717, 1.165) is 24.5 Å². The van der Waals surface area contributed by atoms with Crippen molar-refractivity contribution in [2.75, 3.05) is 46.6 Å². The van der Waals surface area contributed by atoms with Gasteiger partial charge in [0.2, 0.25) is 0 Å². The highest BCUT2D eigenvalue weighted by Crippen LogP contribution is 2.01. The van der Waals surface area contributed by atoms with Crippen LogP contribution in [0.3, 0.4) is 0 Å². The second-order valence-electron chi connectivity index (χ2n) is 3.68. The van der Waals surface area contributed by atoms with E-state index in [2.05, 4.69) is 21.4 Å². The molecule has 1 aromatic rings. The lowest BCUT2D eigenvalue weighted by atomic mass is 10.3. The molecule has 0 aliphatic carbocycles. The third kappa shape index (κ3) is 25.4. The van der Waals surface area contributed by atoms with E-state index in [1.165, 1.54) is 7.05 Å². The van der Waals surface area contributed by atoms with Crippen LogP contribution in [-0.2, 0) is 0 Å². The Morgan fingerprint density at radius 1 is 1.10 bits per heavy atom. The van der Waals surface area contributed by atoms with Crippen molar-refractivity contribution in [1.29, 1.82) is 0 Å². The number of anilines is 1. The Hall–Kier alpha value is -1.43. The number of para-hydroxylation sites is 1. The second-order valence-corrected chi connectivity index (χ2v) is 3.68. The minimum atomic E-state index is 0.733. The largest absolute Gasteiger partial charge is 0.388 e. The number of nitrogens with zero attached hydrogens (tertiary/aromatic N) is 1. The first-order valence-corrected chi connectivity index (χ1v) is 6.67. The summed E-state index contributed by atoms with van der Waals surface area (Å²) >= 11 is 0. The summed E-state index contributed by atoms with van der Waals surface area (Å²) in [6.07, 6.45) is 0. The molecule has 0 unspecified atom stereocenters. The number of aliphatic imine (C=N–C) groups is 1. The van der Waals surface area contributed by atoms with E-state index >= 15 is 0 Å². The zero-order valence-electron chi connectivity index (χ0n) is 13.9. The fourth-order valence-electron chi connectivity index (χ4n) is 0.749. The first kappa shape index (κ1) is 23.6. The molecule has 0 radical (unpaired) electrons. The molecule has 6 N–H and O–H groups in total. The van der Waals surface area contributed by atoms with Crippen LogP contribution in [0.1, 0.15) is 13.8 Å². The van der Waals surface area contributed by atoms with Gasteiger partial charge in [-0.3, -0.25) is 4.99 Å². The van der Waals surface area contributed by atoms with Gasteiger partial charge in [0, 0.05) is 38.6 Å². The van der Waals surface area contributed by atoms with Crippen molar-refractivity contribution in [2.45, 2.75) is 13.8 Å². The van der Waals surface area contributed by atoms with Gasteiger partial charge < -0.3 is 22.1 Å². The van der Waals surface area contributed by atoms with Gasteiger partial charge in [0.1, 0.15) is 0 Å². The fraction of sp³-hybridized carbons (Fsp3) is 0.533. The van der Waals surface area contributed by atoms with Crippen molar-refractivity contribution >= 4 is 11.4 Å². The number of rotatable bonds is 3. The topological polar surface area (TPSA) is 88.5 Å². The molecule has 0 spiro atoms. The fourth-order valence-corrected chi connectivity index (χ4v) is 0.749. The number of likely N-dealkylation sites (N-methyl/N-ethyl adjacent to an activating group) is 1. The minimum Gasteiger partial charge on any atom is -0.388 e. The van der Waals surface area contributed by atoms with Gasteiger partial charge in [-0.15, -0.1) is 0 Å². The van der Waals surface area contributed by atoms with Crippen LogP contribution in [0.2, 0.25) is 0 Å². The summed E-state index contributed by atoms with van der Waals surface area (Å²) in [5, 5.41) is 5.92. The van der Waals surface area contributed by atoms with E-state index in [1.54, 1.807) is 7.05 Å². The van der Waals surface area contributed by atoms with Gasteiger partial charge >= 0.3 is 0 Å². The van der Waals surface area contributed by atoms with Crippen LogP contribution < -0.4 is 22.1 Å². The maximum absolute atomic E-state index is 5.08. The highest BCUT2D eigenvalue weighted by Gasteiger charge is 1.77. The van der Waals surface area contributed by atoms with Crippen molar-refractivity contribution < 1.29 is 0 Å². The Balaban J connectivity index is -0.000000213. The van der Waals surface area contributed by atoms with Crippen molar-refractivity contribution in [1.82, 2.24) is 5.32 Å². The van der Waals surface area contributed by atoms with Crippen LogP contribution in [0, 0.1) is 0 Å². The van der Waals surface area contributed by atoms with Crippen LogP contribution in [0.15, 0.2) is 35.3 Å². The molecule has 0 saturated carbocycles. The van der Waals surface area contributed by atoms with Crippen LogP contribution >= 0.6 is 0 Å². The summed E-state index contributed by atoms with van der Waals surface area (Å²) in [6.45, 7) is 5.59. The molecule has 1 aromatic carbocycles. The van der Waals surface area contributed by atoms with Gasteiger partial charge in [-0.25, -0.2) is 0 Å². The number of nitrogens with two attached hydrogens (primary N) is 2. The van der Waals surface area contributed by atoms with Gasteiger partial charge in [0.15, 0.2) is 0 Å². The summed E-state index contributed by atoms with van der Waals surface area (Å²) in [5.74, 6) is 0. The Morgan fingerprint density at radius 2 is 1.55 bits per heavy atom. The molecule has 0 aliphatic rings. The van der Waals surface area contributed by atoms with Gasteiger partial charge in [-0.05, 0) is 40.1 Å². The average molecular weight is 283 g/mol. The Kier molecular flexibility index (Phi) is 26.9. The molecule has 0 bridgehead atoms. The minimum absolute atomic E-state index is 0.733. The predicted molar refractivity (Wildman–Crippen MR) is 93.8 cm³/mol. The van der Waals surface area contributed by atoms with Crippen LogP contribution in [0.4, 0.5) is 5.69 Å². The standard InChI is InChI=1S/C7H9N.C4H9N.C3H10N2.CH5N/c1-8-7-5-3-2-4-6-7;1-4(2)5-3;1-5-3-2-4;1-2/h2-6,8H,1H3;1-3H3;5H,2-4H2,1H3;2H2,1H3. The zero-order chi connectivity index (χ0) is 16.2. The second kappa shape index (κ2) is 22.7. The van der Waals surface area contributed by atoms with Crippen molar-refractivity contribution in [2.24, 2.45) is 16.5 Å². The molecular weight excluding hydrogens is 250 g/mol. The molecule has 0 fully saturated rings. The molecule has 0 saturated heterocycles. The molecule has 0 aliphatic heterocycles. The molecule has 0 amide bonds. The lowest BCUT2D eigenvalue weighted by molar-refractivity contribution is 0.802. The van der Waals surface area contributed by atoms with E-state index < -0.39 is 0 Å². The first-order chi connectivity index (χ1) is 9.62. The molecule has 118 valence electrons. The van der Waals surface area contributed by atoms with Crippen molar-refractivity contribution in [3.63, 3.8) is 0 Å². The monoisotopic (exact) mass is 283 g/mol. The van der Waals surface area contributed by atoms with Gasteiger partial charge in [0.25, 0.3) is 0 Å². The maximum Gasteiger partial charge on any atom is 0.0337 e. The lowest BCUT2D eigenvalue weighted by Crippen LogP contribution is -2.17. The van der Waals surface area contributed by atoms with Crippen LogP contribution in [-0.4, -0.2) is 47.0 Å². The molecule has 20 heavy (non-hydrogen) atoms. The first-order valence-electron chi connectivity index (χ1n) is 6.67. The lowest BCUT2D eigenvalue weighted by Gasteiger charge is -1.94. The van der Waals surface area contributed by atoms with Crippen molar-refractivity contribution in [3.05, 3.63) is 30.3 Å². The Morgan fingerprint density at radius 3 is 1.70 bits per heavy atom. The SMILES string of the molecule is CN.CN=C(C)C.CNCCN.CNc1ccccc1. The molecule has 0 atom stereocenters. The third-order valence-corrected chi connectivity index (χ3v) is 1.90. The summed E-state index contributed by atoms with van der Waals surface area (Å²) in [4.78, 5) is 3.81.